The van der Waals surface area contributed by atoms with Crippen molar-refractivity contribution in [2.75, 3.05) is 11.9 Å². The maximum Gasteiger partial charge on any atom is 0.192 e. The van der Waals surface area contributed by atoms with Gasteiger partial charge in [0, 0.05) is 12.7 Å². The van der Waals surface area contributed by atoms with Crippen molar-refractivity contribution in [1.29, 1.82) is 10.7 Å². The quantitative estimate of drug-likeness (QED) is 0.490. The summed E-state index contributed by atoms with van der Waals surface area (Å²) in [5, 5.41) is 15.8. The summed E-state index contributed by atoms with van der Waals surface area (Å²) >= 11 is 0. The number of nitrogens with two attached hydrogens (primary N) is 1. The van der Waals surface area contributed by atoms with Gasteiger partial charge < -0.3 is 10.6 Å². The maximum atomic E-state index is 8.63. The predicted octanol–water partition coefficient (Wildman–Crippen LogP) is 0.888. The van der Waals surface area contributed by atoms with Crippen LogP contribution in [0.4, 0.5) is 5.69 Å². The number of hydrogen-bond acceptors (Lipinski definition) is 2. The highest BCUT2D eigenvalue weighted by Gasteiger charge is 2.02. The molecule has 0 aliphatic heterocycles. The van der Waals surface area contributed by atoms with E-state index in [2.05, 4.69) is 0 Å². The van der Waals surface area contributed by atoms with E-state index >= 15 is 0 Å². The second-order valence-electron chi connectivity index (χ2n) is 2.61. The van der Waals surface area contributed by atoms with Crippen molar-refractivity contribution in [3.63, 3.8) is 0 Å². The number of nitrogens with one attached hydrogen (secondary N) is 1. The number of guanidine groups is 1. The number of nitrogens with zero attached hydrogens (tertiary/aromatic N) is 2. The van der Waals surface area contributed by atoms with Crippen molar-refractivity contribution < 1.29 is 0 Å². The molecular weight excluding hydrogens is 164 g/mol. The van der Waals surface area contributed by atoms with Crippen molar-refractivity contribution >= 4 is 11.6 Å². The largest absolute Gasteiger partial charge is 0.370 e. The number of hydrogen-bond donors (Lipinski definition) is 2. The summed E-state index contributed by atoms with van der Waals surface area (Å²) < 4.78 is 0. The van der Waals surface area contributed by atoms with Crippen LogP contribution in [0.25, 0.3) is 0 Å². The Bertz CT molecular complexity index is 364. The Morgan fingerprint density at radius 3 is 2.85 bits per heavy atom. The van der Waals surface area contributed by atoms with Crippen molar-refractivity contribution in [2.24, 2.45) is 5.73 Å². The molecule has 0 unspecified atom stereocenters. The summed E-state index contributed by atoms with van der Waals surface area (Å²) in [5.74, 6) is -0.0462. The average molecular weight is 174 g/mol. The van der Waals surface area contributed by atoms with E-state index in [4.69, 9.17) is 16.4 Å². The molecule has 0 bridgehead atoms. The van der Waals surface area contributed by atoms with Crippen molar-refractivity contribution in [1.82, 2.24) is 0 Å². The van der Waals surface area contributed by atoms with Crippen LogP contribution in [0, 0.1) is 16.7 Å². The van der Waals surface area contributed by atoms with Gasteiger partial charge in [-0.15, -0.1) is 0 Å². The Labute approximate surface area is 76.7 Å². The Balaban J connectivity index is 3.03. The van der Waals surface area contributed by atoms with Crippen molar-refractivity contribution in [3.8, 4) is 6.07 Å². The molecule has 0 fully saturated rings. The number of anilines is 1. The van der Waals surface area contributed by atoms with Gasteiger partial charge >= 0.3 is 0 Å². The minimum Gasteiger partial charge on any atom is -0.370 e. The van der Waals surface area contributed by atoms with Gasteiger partial charge in [0.15, 0.2) is 5.96 Å². The molecule has 0 saturated heterocycles. The third kappa shape index (κ3) is 1.97. The second-order valence-corrected chi connectivity index (χ2v) is 2.61. The zero-order chi connectivity index (χ0) is 9.84. The van der Waals surface area contributed by atoms with E-state index in [-0.39, 0.29) is 5.96 Å². The van der Waals surface area contributed by atoms with Gasteiger partial charge in [-0.25, -0.2) is 0 Å². The number of rotatable bonds is 1. The smallest absolute Gasteiger partial charge is 0.192 e. The van der Waals surface area contributed by atoms with Crippen LogP contribution in [0.2, 0.25) is 0 Å². The van der Waals surface area contributed by atoms with Crippen LogP contribution in [-0.4, -0.2) is 13.0 Å². The molecule has 0 aliphatic carbocycles. The maximum absolute atomic E-state index is 8.63. The third-order valence-corrected chi connectivity index (χ3v) is 1.72. The Morgan fingerprint density at radius 2 is 2.31 bits per heavy atom. The van der Waals surface area contributed by atoms with Gasteiger partial charge in [0.25, 0.3) is 0 Å². The Morgan fingerprint density at radius 1 is 1.62 bits per heavy atom. The topological polar surface area (TPSA) is 76.9 Å². The van der Waals surface area contributed by atoms with Gasteiger partial charge in [0.2, 0.25) is 0 Å². The summed E-state index contributed by atoms with van der Waals surface area (Å²) in [4.78, 5) is 1.50. The molecule has 13 heavy (non-hydrogen) atoms. The molecule has 0 saturated carbocycles. The molecule has 0 spiro atoms. The van der Waals surface area contributed by atoms with E-state index in [1.54, 1.807) is 31.3 Å². The van der Waals surface area contributed by atoms with Crippen LogP contribution >= 0.6 is 0 Å². The minimum absolute atomic E-state index is 0.0462. The molecule has 66 valence electrons. The molecule has 0 radical (unpaired) electrons. The fraction of sp³-hybridized carbons (Fsp3) is 0.111. The van der Waals surface area contributed by atoms with Crippen LogP contribution in [0.5, 0.6) is 0 Å². The Kier molecular flexibility index (Phi) is 2.50. The van der Waals surface area contributed by atoms with Gasteiger partial charge in [-0.05, 0) is 18.2 Å². The van der Waals surface area contributed by atoms with Crippen LogP contribution in [0.3, 0.4) is 0 Å². The van der Waals surface area contributed by atoms with Crippen molar-refractivity contribution in [3.05, 3.63) is 29.8 Å². The van der Waals surface area contributed by atoms with E-state index in [0.717, 1.165) is 5.69 Å². The first kappa shape index (κ1) is 9.07. The third-order valence-electron chi connectivity index (χ3n) is 1.72. The highest BCUT2D eigenvalue weighted by atomic mass is 15.2. The van der Waals surface area contributed by atoms with Crippen molar-refractivity contribution in [2.45, 2.75) is 0 Å². The molecule has 4 heteroatoms. The first-order valence-corrected chi connectivity index (χ1v) is 3.73. The van der Waals surface area contributed by atoms with Gasteiger partial charge in [0.1, 0.15) is 0 Å². The van der Waals surface area contributed by atoms with Crippen LogP contribution in [0.1, 0.15) is 5.56 Å². The van der Waals surface area contributed by atoms with Gasteiger partial charge in [-0.1, -0.05) is 6.07 Å². The average Bonchev–Trinajstić information content (AvgIpc) is 2.16. The fourth-order valence-corrected chi connectivity index (χ4v) is 0.923. The first-order chi connectivity index (χ1) is 6.15. The zero-order valence-corrected chi connectivity index (χ0v) is 7.28. The van der Waals surface area contributed by atoms with E-state index in [1.165, 1.54) is 4.90 Å². The summed E-state index contributed by atoms with van der Waals surface area (Å²) in [6.07, 6.45) is 0. The molecule has 0 amide bonds. The molecule has 1 aromatic rings. The lowest BCUT2D eigenvalue weighted by Crippen LogP contribution is -2.32. The Hall–Kier alpha value is -2.02. The SMILES string of the molecule is CN(C(=N)N)c1cccc(C#N)c1. The molecule has 4 nitrogen and oxygen atoms in total. The minimum atomic E-state index is -0.0462. The van der Waals surface area contributed by atoms with Crippen LogP contribution in [0.15, 0.2) is 24.3 Å². The molecule has 0 aromatic heterocycles. The lowest BCUT2D eigenvalue weighted by atomic mass is 10.2. The molecular formula is C9H10N4. The molecule has 0 aliphatic rings. The molecule has 1 rings (SSSR count). The highest BCUT2D eigenvalue weighted by molar-refractivity contribution is 5.91. The lowest BCUT2D eigenvalue weighted by Gasteiger charge is -2.16. The van der Waals surface area contributed by atoms with Gasteiger partial charge in [-0.2, -0.15) is 5.26 Å². The second kappa shape index (κ2) is 3.59. The van der Waals surface area contributed by atoms with Crippen LogP contribution in [-0.2, 0) is 0 Å². The monoisotopic (exact) mass is 174 g/mol. The highest BCUT2D eigenvalue weighted by Crippen LogP contribution is 2.13. The summed E-state index contributed by atoms with van der Waals surface area (Å²) in [6.45, 7) is 0. The van der Waals surface area contributed by atoms with E-state index in [9.17, 15) is 0 Å². The first-order valence-electron chi connectivity index (χ1n) is 3.73. The fourth-order valence-electron chi connectivity index (χ4n) is 0.923. The number of nitriles is 1. The predicted molar refractivity (Wildman–Crippen MR) is 51.5 cm³/mol. The van der Waals surface area contributed by atoms with Crippen LogP contribution < -0.4 is 10.6 Å². The zero-order valence-electron chi connectivity index (χ0n) is 7.28. The standard InChI is InChI=1S/C9H10N4/c1-13(9(11)12)8-4-2-3-7(5-8)6-10/h2-5H,1H3,(H3,11,12). The van der Waals surface area contributed by atoms with Gasteiger partial charge in [-0.3, -0.25) is 5.41 Å². The normalized spacial score (nSPS) is 8.92. The summed E-state index contributed by atoms with van der Waals surface area (Å²) in [5.41, 5.74) is 6.59. The lowest BCUT2D eigenvalue weighted by molar-refractivity contribution is 1.19. The molecule has 0 atom stereocenters. The van der Waals surface area contributed by atoms with E-state index < -0.39 is 0 Å². The summed E-state index contributed by atoms with van der Waals surface area (Å²) in [6, 6.07) is 8.96. The van der Waals surface area contributed by atoms with E-state index in [0.29, 0.717) is 5.56 Å². The molecule has 1 aromatic carbocycles. The summed E-state index contributed by atoms with van der Waals surface area (Å²) in [7, 11) is 1.68. The molecule has 0 heterocycles. The van der Waals surface area contributed by atoms with Gasteiger partial charge in [0.05, 0.1) is 11.6 Å². The number of benzene rings is 1. The molecule has 3 N–H and O–H groups in total. The van der Waals surface area contributed by atoms with E-state index in [1.807, 2.05) is 6.07 Å².